The van der Waals surface area contributed by atoms with Crippen LogP contribution in [0.2, 0.25) is 0 Å². The molecule has 0 heterocycles. The highest BCUT2D eigenvalue weighted by Gasteiger charge is 2.26. The van der Waals surface area contributed by atoms with Crippen molar-refractivity contribution in [2.45, 2.75) is 52.6 Å². The fourth-order valence-electron chi connectivity index (χ4n) is 3.00. The molecule has 160 valence electrons. The standard InChI is InChI=1S/C24H31N3O3/c1-5-17(4)22(27-23(29)19-9-7-6-8-10-19)24(30)26-20-13-11-18(12-14-20)15-21(28)25-16(2)3/h6-14,16-17,22H,5,15H2,1-4H3,(H,25,28)(H,26,30)(H,27,29). The Morgan fingerprint density at radius 1 is 0.867 bits per heavy atom. The number of hydrogen-bond donors (Lipinski definition) is 3. The largest absolute Gasteiger partial charge is 0.354 e. The first-order valence-corrected chi connectivity index (χ1v) is 10.3. The first kappa shape index (κ1) is 23.1. The van der Waals surface area contributed by atoms with Crippen LogP contribution in [-0.2, 0) is 16.0 Å². The highest BCUT2D eigenvalue weighted by molar-refractivity contribution is 6.01. The minimum atomic E-state index is -0.654. The lowest BCUT2D eigenvalue weighted by molar-refractivity contribution is -0.121. The van der Waals surface area contributed by atoms with E-state index in [4.69, 9.17) is 0 Å². The Bertz CT molecular complexity index is 848. The lowest BCUT2D eigenvalue weighted by Gasteiger charge is -2.23. The van der Waals surface area contributed by atoms with Crippen LogP contribution in [0.5, 0.6) is 0 Å². The molecule has 0 aliphatic heterocycles. The molecular formula is C24H31N3O3. The summed E-state index contributed by atoms with van der Waals surface area (Å²) in [5.41, 5.74) is 2.00. The maximum atomic E-state index is 12.9. The molecule has 0 saturated carbocycles. The zero-order valence-corrected chi connectivity index (χ0v) is 18.1. The van der Waals surface area contributed by atoms with Gasteiger partial charge in [-0.3, -0.25) is 14.4 Å². The molecule has 30 heavy (non-hydrogen) atoms. The van der Waals surface area contributed by atoms with Crippen LogP contribution in [0.3, 0.4) is 0 Å². The summed E-state index contributed by atoms with van der Waals surface area (Å²) in [7, 11) is 0. The minimum absolute atomic E-state index is 0.0309. The average Bonchev–Trinajstić information content (AvgIpc) is 2.72. The van der Waals surface area contributed by atoms with Gasteiger partial charge in [-0.05, 0) is 49.6 Å². The van der Waals surface area contributed by atoms with E-state index >= 15 is 0 Å². The van der Waals surface area contributed by atoms with Crippen molar-refractivity contribution in [3.05, 3.63) is 65.7 Å². The van der Waals surface area contributed by atoms with Crippen LogP contribution in [0.15, 0.2) is 54.6 Å². The summed E-state index contributed by atoms with van der Waals surface area (Å²) < 4.78 is 0. The number of rotatable bonds is 9. The van der Waals surface area contributed by atoms with Gasteiger partial charge in [-0.15, -0.1) is 0 Å². The molecule has 2 rings (SSSR count). The van der Waals surface area contributed by atoms with E-state index in [1.54, 1.807) is 36.4 Å². The first-order valence-electron chi connectivity index (χ1n) is 10.3. The van der Waals surface area contributed by atoms with Crippen LogP contribution in [0.4, 0.5) is 5.69 Å². The molecule has 6 nitrogen and oxygen atoms in total. The maximum absolute atomic E-state index is 12.9. The van der Waals surface area contributed by atoms with Crippen molar-refractivity contribution in [1.29, 1.82) is 0 Å². The molecule has 3 N–H and O–H groups in total. The normalized spacial score (nSPS) is 12.7. The molecule has 0 aromatic heterocycles. The zero-order chi connectivity index (χ0) is 22.1. The molecule has 2 atom stereocenters. The van der Waals surface area contributed by atoms with Crippen molar-refractivity contribution in [3.8, 4) is 0 Å². The summed E-state index contributed by atoms with van der Waals surface area (Å²) in [5.74, 6) is -0.611. The number of amides is 3. The van der Waals surface area contributed by atoms with Crippen molar-refractivity contribution in [1.82, 2.24) is 10.6 Å². The Morgan fingerprint density at radius 3 is 2.07 bits per heavy atom. The molecule has 0 fully saturated rings. The van der Waals surface area contributed by atoms with Crippen LogP contribution < -0.4 is 16.0 Å². The molecule has 2 aromatic rings. The van der Waals surface area contributed by atoms with Crippen molar-refractivity contribution >= 4 is 23.4 Å². The summed E-state index contributed by atoms with van der Waals surface area (Å²) in [5, 5.41) is 8.58. The third kappa shape index (κ3) is 7.03. The Balaban J connectivity index is 2.03. The third-order valence-corrected chi connectivity index (χ3v) is 4.85. The van der Waals surface area contributed by atoms with Crippen molar-refractivity contribution in [2.24, 2.45) is 5.92 Å². The summed E-state index contributed by atoms with van der Waals surface area (Å²) in [6, 6.07) is 15.5. The number of carbonyl (C=O) groups excluding carboxylic acids is 3. The molecular weight excluding hydrogens is 378 g/mol. The fraction of sp³-hybridized carbons (Fsp3) is 0.375. The summed E-state index contributed by atoms with van der Waals surface area (Å²) >= 11 is 0. The van der Waals surface area contributed by atoms with Crippen LogP contribution >= 0.6 is 0 Å². The molecule has 0 radical (unpaired) electrons. The molecule has 0 aliphatic rings. The van der Waals surface area contributed by atoms with Gasteiger partial charge in [0.15, 0.2) is 0 Å². The Kier molecular flexibility index (Phi) is 8.59. The SMILES string of the molecule is CCC(C)C(NC(=O)c1ccccc1)C(=O)Nc1ccc(CC(=O)NC(C)C)cc1. The highest BCUT2D eigenvalue weighted by atomic mass is 16.2. The topological polar surface area (TPSA) is 87.3 Å². The molecule has 2 unspecified atom stereocenters. The van der Waals surface area contributed by atoms with Gasteiger partial charge in [-0.1, -0.05) is 50.6 Å². The second kappa shape index (κ2) is 11.1. The van der Waals surface area contributed by atoms with E-state index in [0.29, 0.717) is 11.3 Å². The molecule has 0 spiro atoms. The van der Waals surface area contributed by atoms with Crippen molar-refractivity contribution < 1.29 is 14.4 Å². The van der Waals surface area contributed by atoms with Crippen LogP contribution in [0.25, 0.3) is 0 Å². The van der Waals surface area contributed by atoms with Crippen LogP contribution in [0, 0.1) is 5.92 Å². The molecule has 3 amide bonds. The Morgan fingerprint density at radius 2 is 1.50 bits per heavy atom. The third-order valence-electron chi connectivity index (χ3n) is 4.85. The summed E-state index contributed by atoms with van der Waals surface area (Å²) in [6.07, 6.45) is 1.03. The number of carbonyl (C=O) groups is 3. The van der Waals surface area contributed by atoms with E-state index < -0.39 is 6.04 Å². The van der Waals surface area contributed by atoms with Crippen LogP contribution in [0.1, 0.15) is 50.0 Å². The van der Waals surface area contributed by atoms with E-state index in [1.807, 2.05) is 45.9 Å². The van der Waals surface area contributed by atoms with E-state index in [9.17, 15) is 14.4 Å². The van der Waals surface area contributed by atoms with Gasteiger partial charge in [0.1, 0.15) is 6.04 Å². The van der Waals surface area contributed by atoms with Gasteiger partial charge in [0.25, 0.3) is 5.91 Å². The molecule has 0 bridgehead atoms. The van der Waals surface area contributed by atoms with Gasteiger partial charge >= 0.3 is 0 Å². The number of anilines is 1. The van der Waals surface area contributed by atoms with Gasteiger partial charge in [0.2, 0.25) is 11.8 Å². The molecule has 2 aromatic carbocycles. The zero-order valence-electron chi connectivity index (χ0n) is 18.1. The Labute approximate surface area is 178 Å². The first-order chi connectivity index (χ1) is 14.3. The average molecular weight is 410 g/mol. The van der Waals surface area contributed by atoms with Crippen molar-refractivity contribution in [2.75, 3.05) is 5.32 Å². The van der Waals surface area contributed by atoms with Gasteiger partial charge in [0.05, 0.1) is 6.42 Å². The number of benzene rings is 2. The lowest BCUT2D eigenvalue weighted by atomic mass is 9.97. The van der Waals surface area contributed by atoms with Gasteiger partial charge in [-0.25, -0.2) is 0 Å². The Hall–Kier alpha value is -3.15. The monoisotopic (exact) mass is 409 g/mol. The second-order valence-corrected chi connectivity index (χ2v) is 7.79. The summed E-state index contributed by atoms with van der Waals surface area (Å²) in [6.45, 7) is 7.75. The number of nitrogens with one attached hydrogen (secondary N) is 3. The number of hydrogen-bond acceptors (Lipinski definition) is 3. The maximum Gasteiger partial charge on any atom is 0.251 e. The van der Waals surface area contributed by atoms with E-state index in [0.717, 1.165) is 12.0 Å². The molecule has 6 heteroatoms. The predicted molar refractivity (Wildman–Crippen MR) is 119 cm³/mol. The van der Waals surface area contributed by atoms with E-state index in [-0.39, 0.29) is 36.1 Å². The van der Waals surface area contributed by atoms with Gasteiger partial charge in [-0.2, -0.15) is 0 Å². The smallest absolute Gasteiger partial charge is 0.251 e. The lowest BCUT2D eigenvalue weighted by Crippen LogP contribution is -2.47. The van der Waals surface area contributed by atoms with Gasteiger partial charge in [0, 0.05) is 17.3 Å². The molecule has 0 aliphatic carbocycles. The molecule has 0 saturated heterocycles. The summed E-state index contributed by atoms with van der Waals surface area (Å²) in [4.78, 5) is 37.3. The van der Waals surface area contributed by atoms with Crippen molar-refractivity contribution in [3.63, 3.8) is 0 Å². The van der Waals surface area contributed by atoms with Gasteiger partial charge < -0.3 is 16.0 Å². The second-order valence-electron chi connectivity index (χ2n) is 7.79. The predicted octanol–water partition coefficient (Wildman–Crippen LogP) is 3.54. The minimum Gasteiger partial charge on any atom is -0.354 e. The highest BCUT2D eigenvalue weighted by Crippen LogP contribution is 2.15. The fourth-order valence-corrected chi connectivity index (χ4v) is 3.00. The van der Waals surface area contributed by atoms with E-state index in [2.05, 4.69) is 16.0 Å². The quantitative estimate of drug-likeness (QED) is 0.592. The van der Waals surface area contributed by atoms with Crippen LogP contribution in [-0.4, -0.2) is 29.8 Å². The van der Waals surface area contributed by atoms with E-state index in [1.165, 1.54) is 0 Å².